The summed E-state index contributed by atoms with van der Waals surface area (Å²) >= 11 is 0. The zero-order chi connectivity index (χ0) is 15.5. The highest BCUT2D eigenvalue weighted by Crippen LogP contribution is 2.32. The number of carboxylic acids is 1. The lowest BCUT2D eigenvalue weighted by Gasteiger charge is -2.27. The van der Waals surface area contributed by atoms with Crippen LogP contribution in [-0.4, -0.2) is 54.5 Å². The van der Waals surface area contributed by atoms with Gasteiger partial charge in [-0.1, -0.05) is 18.2 Å². The van der Waals surface area contributed by atoms with Crippen molar-refractivity contribution >= 4 is 12.1 Å². The molecule has 22 heavy (non-hydrogen) atoms. The molecule has 2 unspecified atom stereocenters. The first kappa shape index (κ1) is 14.6. The van der Waals surface area contributed by atoms with E-state index in [-0.39, 0.29) is 19.3 Å². The van der Waals surface area contributed by atoms with Gasteiger partial charge in [-0.05, 0) is 6.07 Å². The van der Waals surface area contributed by atoms with Gasteiger partial charge < -0.3 is 19.3 Å². The third-order valence-electron chi connectivity index (χ3n) is 3.74. The van der Waals surface area contributed by atoms with Gasteiger partial charge in [0.05, 0.1) is 19.8 Å². The van der Waals surface area contributed by atoms with E-state index in [0.717, 1.165) is 0 Å². The van der Waals surface area contributed by atoms with Crippen LogP contribution in [0, 0.1) is 0 Å². The fourth-order valence-electron chi connectivity index (χ4n) is 2.67. The van der Waals surface area contributed by atoms with Crippen LogP contribution >= 0.6 is 0 Å². The summed E-state index contributed by atoms with van der Waals surface area (Å²) in [4.78, 5) is 25.3. The Morgan fingerprint density at radius 2 is 2.09 bits per heavy atom. The average molecular weight is 307 g/mol. The molecule has 1 N–H and O–H groups in total. The van der Waals surface area contributed by atoms with Crippen molar-refractivity contribution in [1.29, 1.82) is 0 Å². The van der Waals surface area contributed by atoms with Gasteiger partial charge in [-0.25, -0.2) is 9.59 Å². The summed E-state index contributed by atoms with van der Waals surface area (Å²) in [5.74, 6) is -0.632. The minimum absolute atomic E-state index is 0.151. The fraction of sp³-hybridized carbons (Fsp3) is 0.467. The van der Waals surface area contributed by atoms with Gasteiger partial charge in [0.2, 0.25) is 0 Å². The lowest BCUT2D eigenvalue weighted by molar-refractivity contribution is -0.143. The van der Waals surface area contributed by atoms with Gasteiger partial charge in [0.25, 0.3) is 0 Å². The molecule has 0 saturated carbocycles. The van der Waals surface area contributed by atoms with Crippen LogP contribution in [0.5, 0.6) is 5.75 Å². The smallest absolute Gasteiger partial charge is 0.411 e. The summed E-state index contributed by atoms with van der Waals surface area (Å²) in [5, 5.41) is 9.56. The number of aliphatic carboxylic acids is 1. The number of nitrogens with zero attached hydrogens (tertiary/aromatic N) is 1. The minimum Gasteiger partial charge on any atom is -0.491 e. The van der Waals surface area contributed by atoms with E-state index in [0.29, 0.717) is 30.9 Å². The highest BCUT2D eigenvalue weighted by molar-refractivity contribution is 5.82. The molecule has 0 spiro atoms. The van der Waals surface area contributed by atoms with Gasteiger partial charge in [-0.15, -0.1) is 0 Å². The number of ether oxygens (including phenoxy) is 3. The molecule has 1 aromatic rings. The third kappa shape index (κ3) is 2.85. The van der Waals surface area contributed by atoms with E-state index in [1.165, 1.54) is 4.90 Å². The molecule has 3 rings (SSSR count). The Morgan fingerprint density at radius 3 is 2.82 bits per heavy atom. The van der Waals surface area contributed by atoms with E-state index in [4.69, 9.17) is 14.2 Å². The van der Waals surface area contributed by atoms with E-state index in [1.807, 2.05) is 0 Å². The van der Waals surface area contributed by atoms with Crippen LogP contribution in [0.1, 0.15) is 18.0 Å². The highest BCUT2D eigenvalue weighted by Gasteiger charge is 2.37. The fourth-order valence-corrected chi connectivity index (χ4v) is 2.67. The van der Waals surface area contributed by atoms with E-state index in [1.54, 1.807) is 24.3 Å². The largest absolute Gasteiger partial charge is 0.491 e. The molecular weight excluding hydrogens is 290 g/mol. The van der Waals surface area contributed by atoms with Gasteiger partial charge in [0.15, 0.2) is 6.04 Å². The van der Waals surface area contributed by atoms with Crippen molar-refractivity contribution in [3.05, 3.63) is 29.8 Å². The zero-order valence-corrected chi connectivity index (χ0v) is 11.9. The molecule has 2 aliphatic heterocycles. The maximum absolute atomic E-state index is 12.4. The monoisotopic (exact) mass is 307 g/mol. The summed E-state index contributed by atoms with van der Waals surface area (Å²) in [6.45, 7) is 1.27. The van der Waals surface area contributed by atoms with Crippen molar-refractivity contribution in [3.8, 4) is 5.75 Å². The summed E-state index contributed by atoms with van der Waals surface area (Å²) in [6.07, 6.45) is -0.339. The number of hydrogen-bond donors (Lipinski definition) is 1. The van der Waals surface area contributed by atoms with Crippen molar-refractivity contribution in [1.82, 2.24) is 4.90 Å². The molecule has 0 aliphatic carbocycles. The molecule has 1 amide bonds. The number of carbonyl (C=O) groups excluding carboxylic acids is 1. The van der Waals surface area contributed by atoms with Crippen molar-refractivity contribution in [3.63, 3.8) is 0 Å². The molecule has 1 aromatic carbocycles. The van der Waals surface area contributed by atoms with Crippen LogP contribution in [0.2, 0.25) is 0 Å². The van der Waals surface area contributed by atoms with Crippen LogP contribution in [-0.2, 0) is 14.3 Å². The van der Waals surface area contributed by atoms with Crippen LogP contribution in [0.4, 0.5) is 4.79 Å². The SMILES string of the molecule is O=C(O)C1c2ccccc2OCCN1C(=O)OC1CCOC1. The average Bonchev–Trinajstić information content (AvgIpc) is 2.91. The van der Waals surface area contributed by atoms with E-state index in [2.05, 4.69) is 0 Å². The quantitative estimate of drug-likeness (QED) is 0.889. The summed E-state index contributed by atoms with van der Waals surface area (Å²) in [5.41, 5.74) is 0.451. The van der Waals surface area contributed by atoms with Gasteiger partial charge in [-0.2, -0.15) is 0 Å². The van der Waals surface area contributed by atoms with Crippen LogP contribution in [0.25, 0.3) is 0 Å². The van der Waals surface area contributed by atoms with E-state index >= 15 is 0 Å². The molecule has 2 heterocycles. The third-order valence-corrected chi connectivity index (χ3v) is 3.74. The first-order valence-corrected chi connectivity index (χ1v) is 7.16. The first-order chi connectivity index (χ1) is 10.7. The normalized spacial score (nSPS) is 24.1. The van der Waals surface area contributed by atoms with E-state index in [9.17, 15) is 14.7 Å². The number of benzene rings is 1. The predicted octanol–water partition coefficient (Wildman–Crippen LogP) is 1.43. The Balaban J connectivity index is 1.85. The molecule has 7 heteroatoms. The van der Waals surface area contributed by atoms with E-state index < -0.39 is 18.1 Å². The maximum Gasteiger partial charge on any atom is 0.411 e. The van der Waals surface area contributed by atoms with Crippen LogP contribution in [0.15, 0.2) is 24.3 Å². The second-order valence-corrected chi connectivity index (χ2v) is 5.19. The van der Waals surface area contributed by atoms with Crippen molar-refractivity contribution in [2.24, 2.45) is 0 Å². The zero-order valence-electron chi connectivity index (χ0n) is 11.9. The molecule has 0 radical (unpaired) electrons. The van der Waals surface area contributed by atoms with Gasteiger partial charge in [0, 0.05) is 12.0 Å². The maximum atomic E-state index is 12.4. The van der Waals surface area contributed by atoms with Crippen LogP contribution in [0.3, 0.4) is 0 Å². The Morgan fingerprint density at radius 1 is 1.27 bits per heavy atom. The summed E-state index contributed by atoms with van der Waals surface area (Å²) < 4.78 is 16.1. The lowest BCUT2D eigenvalue weighted by atomic mass is 10.0. The molecule has 1 fully saturated rings. The number of rotatable bonds is 2. The minimum atomic E-state index is -1.12. The van der Waals surface area contributed by atoms with Gasteiger partial charge >= 0.3 is 12.1 Å². The molecular formula is C15H17NO6. The number of amides is 1. The number of hydrogen-bond acceptors (Lipinski definition) is 5. The standard InChI is InChI=1S/C15H17NO6/c17-14(18)13-11-3-1-2-4-12(11)21-8-6-16(13)15(19)22-10-5-7-20-9-10/h1-4,10,13H,5-9H2,(H,17,18). The predicted molar refractivity (Wildman–Crippen MR) is 74.7 cm³/mol. The Hall–Kier alpha value is -2.28. The van der Waals surface area contributed by atoms with Gasteiger partial charge in [0.1, 0.15) is 18.5 Å². The second kappa shape index (κ2) is 6.23. The lowest BCUT2D eigenvalue weighted by Crippen LogP contribution is -2.41. The number of fused-ring (bicyclic) bond motifs is 1. The molecule has 0 bridgehead atoms. The van der Waals surface area contributed by atoms with Crippen molar-refractivity contribution in [2.45, 2.75) is 18.6 Å². The topological polar surface area (TPSA) is 85.3 Å². The first-order valence-electron chi connectivity index (χ1n) is 7.16. The molecule has 118 valence electrons. The number of para-hydroxylation sites is 1. The Kier molecular flexibility index (Phi) is 4.15. The highest BCUT2D eigenvalue weighted by atomic mass is 16.6. The van der Waals surface area contributed by atoms with Gasteiger partial charge in [-0.3, -0.25) is 4.90 Å². The Bertz CT molecular complexity index is 569. The summed E-state index contributed by atoms with van der Waals surface area (Å²) in [6, 6.07) is 5.72. The molecule has 2 aliphatic rings. The second-order valence-electron chi connectivity index (χ2n) is 5.19. The van der Waals surface area contributed by atoms with Crippen molar-refractivity contribution in [2.75, 3.05) is 26.4 Å². The number of carboxylic acid groups (broad SMARTS) is 1. The molecule has 1 saturated heterocycles. The van der Waals surface area contributed by atoms with Crippen molar-refractivity contribution < 1.29 is 28.9 Å². The molecule has 7 nitrogen and oxygen atoms in total. The Labute approximate surface area is 127 Å². The summed E-state index contributed by atoms with van der Waals surface area (Å²) in [7, 11) is 0. The molecule has 0 aromatic heterocycles. The molecule has 2 atom stereocenters. The van der Waals surface area contributed by atoms with Crippen LogP contribution < -0.4 is 4.74 Å². The number of carbonyl (C=O) groups is 2.